The van der Waals surface area contributed by atoms with E-state index in [1.54, 1.807) is 0 Å². The molecule has 1 aliphatic heterocycles. The van der Waals surface area contributed by atoms with E-state index in [1.807, 2.05) is 19.1 Å². The molecule has 1 aliphatic rings. The van der Waals surface area contributed by atoms with Crippen molar-refractivity contribution in [3.8, 4) is 0 Å². The molecule has 1 fully saturated rings. The zero-order valence-corrected chi connectivity index (χ0v) is 17.6. The predicted octanol–water partition coefficient (Wildman–Crippen LogP) is 4.23. The lowest BCUT2D eigenvalue weighted by atomic mass is 9.96. The van der Waals surface area contributed by atoms with Crippen LogP contribution in [0.3, 0.4) is 0 Å². The molecule has 30 heavy (non-hydrogen) atoms. The van der Waals surface area contributed by atoms with E-state index in [-0.39, 0.29) is 18.4 Å². The number of carboxylic acids is 1. The topological polar surface area (TPSA) is 76.6 Å². The van der Waals surface area contributed by atoms with E-state index in [4.69, 9.17) is 5.11 Å². The molecule has 0 saturated carbocycles. The molecule has 3 atom stereocenters. The van der Waals surface area contributed by atoms with Crippen LogP contribution in [0.15, 0.2) is 48.5 Å². The van der Waals surface area contributed by atoms with Gasteiger partial charge < -0.3 is 15.2 Å². The van der Waals surface area contributed by atoms with Gasteiger partial charge in [0.05, 0.1) is 12.5 Å². The average molecular weight is 407 g/mol. The van der Waals surface area contributed by atoms with E-state index >= 15 is 0 Å². The highest BCUT2D eigenvalue weighted by Crippen LogP contribution is 2.29. The number of carbonyl (C=O) groups is 1. The number of hydrogen-bond donors (Lipinski definition) is 3. The number of aliphatic carboxylic acids is 1. The summed E-state index contributed by atoms with van der Waals surface area (Å²) in [6.07, 6.45) is 1.55. The van der Waals surface area contributed by atoms with Crippen LogP contribution < -0.4 is 0 Å². The van der Waals surface area contributed by atoms with Crippen LogP contribution >= 0.6 is 0 Å². The molecular formula is C25H30N2O3. The van der Waals surface area contributed by atoms with E-state index in [0.717, 1.165) is 24.9 Å². The zero-order chi connectivity index (χ0) is 21.3. The molecular weight excluding hydrogens is 376 g/mol. The van der Waals surface area contributed by atoms with E-state index in [9.17, 15) is 9.90 Å². The van der Waals surface area contributed by atoms with Crippen LogP contribution in [-0.2, 0) is 17.8 Å². The van der Waals surface area contributed by atoms with Crippen molar-refractivity contribution in [2.45, 2.75) is 57.7 Å². The Hall–Kier alpha value is -2.63. The number of likely N-dealkylation sites (tertiary alicyclic amines) is 1. The van der Waals surface area contributed by atoms with Gasteiger partial charge in [0, 0.05) is 35.7 Å². The van der Waals surface area contributed by atoms with Crippen molar-refractivity contribution in [2.24, 2.45) is 0 Å². The lowest BCUT2D eigenvalue weighted by Gasteiger charge is -2.24. The first-order valence-corrected chi connectivity index (χ1v) is 10.7. The molecule has 5 nitrogen and oxygen atoms in total. The lowest BCUT2D eigenvalue weighted by molar-refractivity contribution is -0.137. The van der Waals surface area contributed by atoms with E-state index in [2.05, 4.69) is 53.2 Å². The Labute approximate surface area is 177 Å². The molecule has 2 heterocycles. The third-order valence-corrected chi connectivity index (χ3v) is 6.39. The van der Waals surface area contributed by atoms with Crippen LogP contribution in [0.1, 0.15) is 48.1 Å². The second-order valence-corrected chi connectivity index (χ2v) is 8.69. The van der Waals surface area contributed by atoms with Gasteiger partial charge in [-0.05, 0) is 48.4 Å². The summed E-state index contributed by atoms with van der Waals surface area (Å²) in [5, 5.41) is 20.6. The number of nitrogens with one attached hydrogen (secondary N) is 1. The highest BCUT2D eigenvalue weighted by Gasteiger charge is 2.31. The van der Waals surface area contributed by atoms with Crippen LogP contribution in [0, 0.1) is 6.92 Å². The van der Waals surface area contributed by atoms with Gasteiger partial charge in [-0.3, -0.25) is 9.69 Å². The summed E-state index contributed by atoms with van der Waals surface area (Å²) >= 11 is 0. The monoisotopic (exact) mass is 406 g/mol. The third kappa shape index (κ3) is 4.42. The summed E-state index contributed by atoms with van der Waals surface area (Å²) in [5.74, 6) is -0.768. The number of para-hydroxylation sites is 1. The van der Waals surface area contributed by atoms with Crippen LogP contribution in [-0.4, -0.2) is 44.8 Å². The summed E-state index contributed by atoms with van der Waals surface area (Å²) in [6, 6.07) is 17.0. The van der Waals surface area contributed by atoms with Gasteiger partial charge in [-0.2, -0.15) is 0 Å². The Morgan fingerprint density at radius 3 is 2.67 bits per heavy atom. The first kappa shape index (κ1) is 20.6. The minimum Gasteiger partial charge on any atom is -0.481 e. The largest absolute Gasteiger partial charge is 0.481 e. The van der Waals surface area contributed by atoms with Gasteiger partial charge in [-0.15, -0.1) is 0 Å². The number of rotatable bonds is 7. The van der Waals surface area contributed by atoms with Crippen LogP contribution in [0.25, 0.3) is 10.9 Å². The van der Waals surface area contributed by atoms with Crippen molar-refractivity contribution in [2.75, 3.05) is 6.54 Å². The molecule has 158 valence electrons. The number of nitrogens with zero attached hydrogens (tertiary/aromatic N) is 1. The molecule has 2 aromatic carbocycles. The fourth-order valence-electron chi connectivity index (χ4n) is 4.76. The minimum atomic E-state index is -0.770. The highest BCUT2D eigenvalue weighted by atomic mass is 16.4. The third-order valence-electron chi connectivity index (χ3n) is 6.39. The second-order valence-electron chi connectivity index (χ2n) is 8.69. The minimum absolute atomic E-state index is 0.00255. The molecule has 4 rings (SSSR count). The lowest BCUT2D eigenvalue weighted by Crippen LogP contribution is -2.31. The van der Waals surface area contributed by atoms with Gasteiger partial charge in [-0.25, -0.2) is 0 Å². The van der Waals surface area contributed by atoms with E-state index in [1.165, 1.54) is 27.7 Å². The standard InChI is InChI=1S/C25H30N2O3/c1-16(11-25(29)30)19-9-7-18(8-10-19)14-27-15-21(28)12-20(27)13-23-17(2)26-24-6-4-3-5-22(23)24/h3-10,16,20-21,26,28H,11-15H2,1-2H3,(H,29,30)/t16?,20-,21+/m1/s1. The maximum Gasteiger partial charge on any atom is 0.303 e. The fourth-order valence-corrected chi connectivity index (χ4v) is 4.76. The average Bonchev–Trinajstić information content (AvgIpc) is 3.21. The Morgan fingerprint density at radius 2 is 1.93 bits per heavy atom. The Balaban J connectivity index is 1.48. The number of benzene rings is 2. The first-order chi connectivity index (χ1) is 14.4. The molecule has 0 spiro atoms. The molecule has 5 heteroatoms. The quantitative estimate of drug-likeness (QED) is 0.549. The number of aromatic amines is 1. The second kappa shape index (κ2) is 8.62. The number of hydrogen-bond acceptors (Lipinski definition) is 3. The molecule has 0 bridgehead atoms. The number of aromatic nitrogens is 1. The number of H-pyrrole nitrogens is 1. The van der Waals surface area contributed by atoms with Crippen LogP contribution in [0.4, 0.5) is 0 Å². The molecule has 0 aliphatic carbocycles. The van der Waals surface area contributed by atoms with Gasteiger partial charge in [-0.1, -0.05) is 49.4 Å². The first-order valence-electron chi connectivity index (χ1n) is 10.7. The maximum atomic E-state index is 11.0. The van der Waals surface area contributed by atoms with E-state index < -0.39 is 5.97 Å². The van der Waals surface area contributed by atoms with E-state index in [0.29, 0.717) is 12.6 Å². The number of aryl methyl sites for hydroxylation is 1. The summed E-state index contributed by atoms with van der Waals surface area (Å²) in [4.78, 5) is 16.8. The molecule has 1 unspecified atom stereocenters. The summed E-state index contributed by atoms with van der Waals surface area (Å²) in [5.41, 5.74) is 5.95. The summed E-state index contributed by atoms with van der Waals surface area (Å²) in [7, 11) is 0. The Bertz CT molecular complexity index is 1020. The normalized spacial score (nSPS) is 20.6. The maximum absolute atomic E-state index is 11.0. The number of carboxylic acid groups (broad SMARTS) is 1. The molecule has 1 aromatic heterocycles. The van der Waals surface area contributed by atoms with Crippen LogP contribution in [0.5, 0.6) is 0 Å². The predicted molar refractivity (Wildman–Crippen MR) is 119 cm³/mol. The molecule has 3 N–H and O–H groups in total. The van der Waals surface area contributed by atoms with Gasteiger partial charge in [0.15, 0.2) is 0 Å². The highest BCUT2D eigenvalue weighted by molar-refractivity contribution is 5.84. The number of aliphatic hydroxyl groups is 1. The smallest absolute Gasteiger partial charge is 0.303 e. The number of aliphatic hydroxyl groups excluding tert-OH is 1. The van der Waals surface area contributed by atoms with Crippen molar-refractivity contribution < 1.29 is 15.0 Å². The number of fused-ring (bicyclic) bond motifs is 1. The van der Waals surface area contributed by atoms with Crippen molar-refractivity contribution >= 4 is 16.9 Å². The van der Waals surface area contributed by atoms with Gasteiger partial charge in [0.1, 0.15) is 0 Å². The molecule has 3 aromatic rings. The van der Waals surface area contributed by atoms with Crippen molar-refractivity contribution in [3.63, 3.8) is 0 Å². The van der Waals surface area contributed by atoms with Crippen molar-refractivity contribution in [1.82, 2.24) is 9.88 Å². The zero-order valence-electron chi connectivity index (χ0n) is 17.6. The molecule has 0 radical (unpaired) electrons. The summed E-state index contributed by atoms with van der Waals surface area (Å²) in [6.45, 7) is 5.54. The van der Waals surface area contributed by atoms with Crippen LogP contribution in [0.2, 0.25) is 0 Å². The Kier molecular flexibility index (Phi) is 5.93. The summed E-state index contributed by atoms with van der Waals surface area (Å²) < 4.78 is 0. The van der Waals surface area contributed by atoms with Gasteiger partial charge in [0.25, 0.3) is 0 Å². The fraction of sp³-hybridized carbons (Fsp3) is 0.400. The van der Waals surface area contributed by atoms with Gasteiger partial charge >= 0.3 is 5.97 Å². The SMILES string of the molecule is Cc1[nH]c2ccccc2c1C[C@H]1C[C@H](O)CN1Cc1ccc(C(C)CC(=O)O)cc1. The Morgan fingerprint density at radius 1 is 1.20 bits per heavy atom. The number of β-amino-alcohol motifs (C(OH)–C–C–N with tert-alkyl or cyclic N) is 1. The molecule has 0 amide bonds. The van der Waals surface area contributed by atoms with Crippen molar-refractivity contribution in [1.29, 1.82) is 0 Å². The molecule has 1 saturated heterocycles. The van der Waals surface area contributed by atoms with Crippen molar-refractivity contribution in [3.05, 3.63) is 70.9 Å². The van der Waals surface area contributed by atoms with Gasteiger partial charge in [0.2, 0.25) is 0 Å².